The highest BCUT2D eigenvalue weighted by Gasteiger charge is 2.07. The standard InChI is InChI=1S/C18H18N2O/c1-20-17-8-4-3-7-15(17)11-18(20)16-10-14(12-19-13-16)6-5-9-21-2/h3-8,10-13H,9H2,1-2H3/b6-5+. The maximum Gasteiger partial charge on any atom is 0.0646 e. The van der Waals surface area contributed by atoms with Crippen molar-refractivity contribution in [3.05, 3.63) is 60.4 Å². The van der Waals surface area contributed by atoms with Gasteiger partial charge < -0.3 is 9.30 Å². The average Bonchev–Trinajstić information content (AvgIpc) is 2.86. The summed E-state index contributed by atoms with van der Waals surface area (Å²) in [4.78, 5) is 4.35. The van der Waals surface area contributed by atoms with Gasteiger partial charge >= 0.3 is 0 Å². The summed E-state index contributed by atoms with van der Waals surface area (Å²) in [5.41, 5.74) is 4.60. The van der Waals surface area contributed by atoms with Crippen LogP contribution < -0.4 is 0 Å². The Morgan fingerprint density at radius 1 is 1.19 bits per heavy atom. The third-order valence-corrected chi connectivity index (χ3v) is 3.58. The predicted octanol–water partition coefficient (Wildman–Crippen LogP) is 3.90. The number of aromatic nitrogens is 2. The van der Waals surface area contributed by atoms with Gasteiger partial charge in [0.1, 0.15) is 0 Å². The maximum atomic E-state index is 5.03. The second-order valence-electron chi connectivity index (χ2n) is 5.01. The van der Waals surface area contributed by atoms with Crippen LogP contribution in [0.4, 0.5) is 0 Å². The Bertz CT molecular complexity index is 787. The van der Waals surface area contributed by atoms with Crippen molar-refractivity contribution in [1.29, 1.82) is 0 Å². The van der Waals surface area contributed by atoms with Crippen LogP contribution in [-0.4, -0.2) is 23.3 Å². The molecule has 0 atom stereocenters. The van der Waals surface area contributed by atoms with E-state index in [1.54, 1.807) is 7.11 Å². The molecule has 0 aliphatic heterocycles. The third-order valence-electron chi connectivity index (χ3n) is 3.58. The van der Waals surface area contributed by atoms with Gasteiger partial charge in [0, 0.05) is 43.0 Å². The lowest BCUT2D eigenvalue weighted by Gasteiger charge is -2.05. The summed E-state index contributed by atoms with van der Waals surface area (Å²) in [6.07, 6.45) is 7.78. The highest BCUT2D eigenvalue weighted by Crippen LogP contribution is 2.27. The van der Waals surface area contributed by atoms with Gasteiger partial charge in [0.05, 0.1) is 12.3 Å². The van der Waals surface area contributed by atoms with Crippen LogP contribution in [0.2, 0.25) is 0 Å². The second-order valence-corrected chi connectivity index (χ2v) is 5.01. The van der Waals surface area contributed by atoms with Crippen molar-refractivity contribution in [3.8, 4) is 11.3 Å². The van der Waals surface area contributed by atoms with Gasteiger partial charge in [-0.2, -0.15) is 0 Å². The molecule has 0 N–H and O–H groups in total. The molecule has 0 saturated heterocycles. The summed E-state index contributed by atoms with van der Waals surface area (Å²) in [6, 6.07) is 12.7. The van der Waals surface area contributed by atoms with Gasteiger partial charge in [0.25, 0.3) is 0 Å². The number of aryl methyl sites for hydroxylation is 1. The number of benzene rings is 1. The monoisotopic (exact) mass is 278 g/mol. The van der Waals surface area contributed by atoms with Crippen molar-refractivity contribution in [2.24, 2.45) is 7.05 Å². The lowest BCUT2D eigenvalue weighted by atomic mass is 10.1. The fourth-order valence-electron chi connectivity index (χ4n) is 2.54. The first-order valence-electron chi connectivity index (χ1n) is 6.95. The van der Waals surface area contributed by atoms with Crippen LogP contribution >= 0.6 is 0 Å². The van der Waals surface area contributed by atoms with Crippen molar-refractivity contribution < 1.29 is 4.74 Å². The fraction of sp³-hybridized carbons (Fsp3) is 0.167. The molecular weight excluding hydrogens is 260 g/mol. The van der Waals surface area contributed by atoms with Crippen LogP contribution in [0.25, 0.3) is 28.2 Å². The van der Waals surface area contributed by atoms with Gasteiger partial charge in [-0.15, -0.1) is 0 Å². The number of hydrogen-bond donors (Lipinski definition) is 0. The minimum atomic E-state index is 0.609. The van der Waals surface area contributed by atoms with E-state index in [1.807, 2.05) is 24.5 Å². The van der Waals surface area contributed by atoms with E-state index in [9.17, 15) is 0 Å². The topological polar surface area (TPSA) is 27.1 Å². The van der Waals surface area contributed by atoms with Crippen LogP contribution in [-0.2, 0) is 11.8 Å². The van der Waals surface area contributed by atoms with Gasteiger partial charge in [0.2, 0.25) is 0 Å². The molecule has 0 saturated carbocycles. The summed E-state index contributed by atoms with van der Waals surface area (Å²) in [5, 5.41) is 1.25. The molecule has 3 nitrogen and oxygen atoms in total. The molecule has 3 rings (SSSR count). The van der Waals surface area contributed by atoms with E-state index in [0.717, 1.165) is 11.1 Å². The number of fused-ring (bicyclic) bond motifs is 1. The van der Waals surface area contributed by atoms with Crippen LogP contribution in [0.3, 0.4) is 0 Å². The maximum absolute atomic E-state index is 5.03. The molecule has 1 aromatic carbocycles. The van der Waals surface area contributed by atoms with Crippen molar-refractivity contribution in [3.63, 3.8) is 0 Å². The van der Waals surface area contributed by atoms with Gasteiger partial charge in [0.15, 0.2) is 0 Å². The summed E-state index contributed by atoms with van der Waals surface area (Å²) in [7, 11) is 3.78. The van der Waals surface area contributed by atoms with Gasteiger partial charge in [-0.05, 0) is 23.8 Å². The molecule has 0 radical (unpaired) electrons. The molecule has 0 unspecified atom stereocenters. The number of rotatable bonds is 4. The molecule has 2 aromatic heterocycles. The lowest BCUT2D eigenvalue weighted by Crippen LogP contribution is -1.92. The normalized spacial score (nSPS) is 11.5. The smallest absolute Gasteiger partial charge is 0.0646 e. The molecule has 3 heteroatoms. The molecule has 0 aliphatic rings. The fourth-order valence-corrected chi connectivity index (χ4v) is 2.54. The molecular formula is C18H18N2O. The first-order chi connectivity index (χ1) is 10.3. The van der Waals surface area contributed by atoms with Crippen LogP contribution in [0.15, 0.2) is 54.9 Å². The zero-order chi connectivity index (χ0) is 14.7. The van der Waals surface area contributed by atoms with Crippen LogP contribution in [0, 0.1) is 0 Å². The molecule has 21 heavy (non-hydrogen) atoms. The van der Waals surface area contributed by atoms with Crippen molar-refractivity contribution in [2.45, 2.75) is 0 Å². The lowest BCUT2D eigenvalue weighted by molar-refractivity contribution is 0.234. The van der Waals surface area contributed by atoms with Gasteiger partial charge in [-0.3, -0.25) is 4.98 Å². The van der Waals surface area contributed by atoms with Crippen LogP contribution in [0.1, 0.15) is 5.56 Å². The number of para-hydroxylation sites is 1. The zero-order valence-electron chi connectivity index (χ0n) is 12.3. The van der Waals surface area contributed by atoms with E-state index in [4.69, 9.17) is 4.74 Å². The molecule has 3 aromatic rings. The van der Waals surface area contributed by atoms with Crippen molar-refractivity contribution in [1.82, 2.24) is 9.55 Å². The highest BCUT2D eigenvalue weighted by molar-refractivity contribution is 5.87. The quantitative estimate of drug-likeness (QED) is 0.723. The number of methoxy groups -OCH3 is 1. The van der Waals surface area contributed by atoms with E-state index in [2.05, 4.69) is 53.0 Å². The Morgan fingerprint density at radius 3 is 2.86 bits per heavy atom. The largest absolute Gasteiger partial charge is 0.381 e. The van der Waals surface area contributed by atoms with E-state index < -0.39 is 0 Å². The number of ether oxygens (including phenoxy) is 1. The van der Waals surface area contributed by atoms with E-state index in [0.29, 0.717) is 6.61 Å². The molecule has 0 fully saturated rings. The summed E-state index contributed by atoms with van der Waals surface area (Å²) in [5.74, 6) is 0. The molecule has 0 aliphatic carbocycles. The predicted molar refractivity (Wildman–Crippen MR) is 87.1 cm³/mol. The molecule has 0 bridgehead atoms. The summed E-state index contributed by atoms with van der Waals surface area (Å²) in [6.45, 7) is 0.609. The Morgan fingerprint density at radius 2 is 2.05 bits per heavy atom. The zero-order valence-corrected chi connectivity index (χ0v) is 12.3. The molecule has 0 amide bonds. The van der Waals surface area contributed by atoms with E-state index in [-0.39, 0.29) is 0 Å². The average molecular weight is 278 g/mol. The minimum absolute atomic E-state index is 0.609. The Labute approximate surface area is 124 Å². The van der Waals surface area contributed by atoms with Gasteiger partial charge in [-0.1, -0.05) is 30.4 Å². The molecule has 106 valence electrons. The highest BCUT2D eigenvalue weighted by atomic mass is 16.5. The molecule has 2 heterocycles. The second kappa shape index (κ2) is 5.94. The van der Waals surface area contributed by atoms with Crippen LogP contribution in [0.5, 0.6) is 0 Å². The Balaban J connectivity index is 2.02. The van der Waals surface area contributed by atoms with E-state index in [1.165, 1.54) is 16.6 Å². The van der Waals surface area contributed by atoms with Crippen molar-refractivity contribution in [2.75, 3.05) is 13.7 Å². The van der Waals surface area contributed by atoms with Crippen molar-refractivity contribution >= 4 is 17.0 Å². The summed E-state index contributed by atoms with van der Waals surface area (Å²) >= 11 is 0. The molecule has 0 spiro atoms. The summed E-state index contributed by atoms with van der Waals surface area (Å²) < 4.78 is 7.23. The number of nitrogens with zero attached hydrogens (tertiary/aromatic N) is 2. The third kappa shape index (κ3) is 2.73. The van der Waals surface area contributed by atoms with Gasteiger partial charge in [-0.25, -0.2) is 0 Å². The first-order valence-corrected chi connectivity index (χ1v) is 6.95. The minimum Gasteiger partial charge on any atom is -0.381 e. The Hall–Kier alpha value is -2.39. The Kier molecular flexibility index (Phi) is 3.84. The number of hydrogen-bond acceptors (Lipinski definition) is 2. The SMILES string of the molecule is COC/C=C/c1cncc(-c2cc3ccccc3n2C)c1. The van der Waals surface area contributed by atoms with E-state index >= 15 is 0 Å². The number of pyridine rings is 1. The first kappa shape index (κ1) is 13.6.